The van der Waals surface area contributed by atoms with E-state index in [9.17, 15) is 13.2 Å². The predicted octanol–water partition coefficient (Wildman–Crippen LogP) is 0.565. The molecule has 0 saturated heterocycles. The highest BCUT2D eigenvalue weighted by atomic mass is 32.2. The van der Waals surface area contributed by atoms with Crippen molar-refractivity contribution >= 4 is 15.6 Å². The Hall–Kier alpha value is -0.640. The Bertz CT molecular complexity index is 251. The van der Waals surface area contributed by atoms with Crippen LogP contribution in [0.2, 0.25) is 0 Å². The van der Waals surface area contributed by atoms with Crippen molar-refractivity contribution in [1.82, 2.24) is 0 Å². The lowest BCUT2D eigenvalue weighted by molar-refractivity contribution is -0.116. The molecule has 1 atom stereocenters. The van der Waals surface area contributed by atoms with E-state index in [4.69, 9.17) is 0 Å². The third kappa shape index (κ3) is 3.32. The lowest BCUT2D eigenvalue weighted by Crippen LogP contribution is -2.26. The van der Waals surface area contributed by atoms with Gasteiger partial charge >= 0.3 is 0 Å². The maximum absolute atomic E-state index is 10.9. The molecule has 0 saturated carbocycles. The van der Waals surface area contributed by atoms with Gasteiger partial charge in [-0.15, -0.1) is 6.58 Å². The van der Waals surface area contributed by atoms with Crippen LogP contribution in [0.1, 0.15) is 13.3 Å². The van der Waals surface area contributed by atoms with Crippen molar-refractivity contribution in [3.63, 3.8) is 0 Å². The van der Waals surface area contributed by atoms with E-state index in [2.05, 4.69) is 6.58 Å². The average molecular weight is 176 g/mol. The van der Waals surface area contributed by atoms with Crippen molar-refractivity contribution in [2.45, 2.75) is 18.6 Å². The first-order valence-corrected chi connectivity index (χ1v) is 5.15. The van der Waals surface area contributed by atoms with Crippen LogP contribution in [0.5, 0.6) is 0 Å². The molecule has 11 heavy (non-hydrogen) atoms. The van der Waals surface area contributed by atoms with Crippen LogP contribution >= 0.6 is 0 Å². The van der Waals surface area contributed by atoms with Gasteiger partial charge in [-0.1, -0.05) is 6.08 Å². The Balaban J connectivity index is 4.62. The standard InChI is InChI=1S/C7H12O3S/c1-4-5-7(6(2)8)11(3,9)10/h4,7H,1,5H2,2-3H3. The van der Waals surface area contributed by atoms with Crippen LogP contribution < -0.4 is 0 Å². The topological polar surface area (TPSA) is 51.2 Å². The lowest BCUT2D eigenvalue weighted by atomic mass is 10.2. The van der Waals surface area contributed by atoms with E-state index in [0.29, 0.717) is 0 Å². The zero-order valence-corrected chi connectivity index (χ0v) is 7.52. The SMILES string of the molecule is C=CCC(C(C)=O)S(C)(=O)=O. The summed E-state index contributed by atoms with van der Waals surface area (Å²) < 4.78 is 21.8. The number of rotatable bonds is 4. The fourth-order valence-corrected chi connectivity index (χ4v) is 1.88. The third-order valence-electron chi connectivity index (χ3n) is 1.35. The minimum absolute atomic E-state index is 0.203. The summed E-state index contributed by atoms with van der Waals surface area (Å²) in [4.78, 5) is 10.8. The highest BCUT2D eigenvalue weighted by Gasteiger charge is 2.23. The lowest BCUT2D eigenvalue weighted by Gasteiger charge is -2.07. The Morgan fingerprint density at radius 1 is 1.64 bits per heavy atom. The van der Waals surface area contributed by atoms with Gasteiger partial charge < -0.3 is 0 Å². The summed E-state index contributed by atoms with van der Waals surface area (Å²) in [6, 6.07) is 0. The summed E-state index contributed by atoms with van der Waals surface area (Å²) in [5.74, 6) is -0.326. The van der Waals surface area contributed by atoms with E-state index < -0.39 is 15.1 Å². The first-order valence-electron chi connectivity index (χ1n) is 3.19. The second kappa shape index (κ2) is 3.67. The number of carbonyl (C=O) groups excluding carboxylic acids is 1. The molecule has 0 radical (unpaired) electrons. The van der Waals surface area contributed by atoms with Gasteiger partial charge in [0.1, 0.15) is 11.0 Å². The number of hydrogen-bond acceptors (Lipinski definition) is 3. The number of sulfone groups is 1. The molecular weight excluding hydrogens is 164 g/mol. The van der Waals surface area contributed by atoms with Crippen LogP contribution in [-0.4, -0.2) is 25.7 Å². The fraction of sp³-hybridized carbons (Fsp3) is 0.571. The zero-order valence-electron chi connectivity index (χ0n) is 6.70. The van der Waals surface area contributed by atoms with Gasteiger partial charge in [-0.05, 0) is 13.3 Å². The number of hydrogen-bond donors (Lipinski definition) is 0. The van der Waals surface area contributed by atoms with E-state index >= 15 is 0 Å². The first kappa shape index (κ1) is 10.4. The molecule has 0 aromatic carbocycles. The van der Waals surface area contributed by atoms with E-state index in [1.54, 1.807) is 0 Å². The molecule has 0 aromatic rings. The van der Waals surface area contributed by atoms with Crippen molar-refractivity contribution in [1.29, 1.82) is 0 Å². The van der Waals surface area contributed by atoms with Crippen molar-refractivity contribution in [2.75, 3.05) is 6.26 Å². The van der Waals surface area contributed by atoms with Crippen LogP contribution in [0, 0.1) is 0 Å². The number of carbonyl (C=O) groups is 1. The predicted molar refractivity (Wildman–Crippen MR) is 44.1 cm³/mol. The van der Waals surface area contributed by atoms with Gasteiger partial charge in [0, 0.05) is 6.26 Å². The zero-order chi connectivity index (χ0) is 9.07. The second-order valence-corrected chi connectivity index (χ2v) is 4.68. The summed E-state index contributed by atoms with van der Waals surface area (Å²) in [6.45, 7) is 4.65. The summed E-state index contributed by atoms with van der Waals surface area (Å²) >= 11 is 0. The molecular formula is C7H12O3S. The van der Waals surface area contributed by atoms with Gasteiger partial charge in [-0.2, -0.15) is 0 Å². The minimum Gasteiger partial charge on any atom is -0.299 e. The van der Waals surface area contributed by atoms with Gasteiger partial charge in [-0.25, -0.2) is 8.42 Å². The Morgan fingerprint density at radius 3 is 2.18 bits per heavy atom. The summed E-state index contributed by atoms with van der Waals surface area (Å²) in [7, 11) is -3.25. The molecule has 0 aromatic heterocycles. The highest BCUT2D eigenvalue weighted by molar-refractivity contribution is 7.92. The molecule has 0 spiro atoms. The van der Waals surface area contributed by atoms with Crippen LogP contribution in [0.3, 0.4) is 0 Å². The van der Waals surface area contributed by atoms with Crippen LogP contribution in [0.4, 0.5) is 0 Å². The molecule has 0 heterocycles. The molecule has 1 unspecified atom stereocenters. The molecule has 64 valence electrons. The fourth-order valence-electron chi connectivity index (χ4n) is 0.794. The second-order valence-electron chi connectivity index (χ2n) is 2.45. The summed E-state index contributed by atoms with van der Waals surface area (Å²) in [5, 5.41) is -0.903. The Morgan fingerprint density at radius 2 is 2.09 bits per heavy atom. The summed E-state index contributed by atoms with van der Waals surface area (Å²) in [6.07, 6.45) is 2.70. The van der Waals surface area contributed by atoms with Crippen molar-refractivity contribution < 1.29 is 13.2 Å². The van der Waals surface area contributed by atoms with E-state index in [0.717, 1.165) is 6.26 Å². The largest absolute Gasteiger partial charge is 0.299 e. The Kier molecular flexibility index (Phi) is 3.45. The maximum Gasteiger partial charge on any atom is 0.157 e. The van der Waals surface area contributed by atoms with Gasteiger partial charge in [0.2, 0.25) is 0 Å². The smallest absolute Gasteiger partial charge is 0.157 e. The van der Waals surface area contributed by atoms with Crippen LogP contribution in [0.15, 0.2) is 12.7 Å². The van der Waals surface area contributed by atoms with E-state index in [1.807, 2.05) is 0 Å². The number of Topliss-reactive ketones (excluding diaryl/α,β-unsaturated/α-hetero) is 1. The third-order valence-corrected chi connectivity index (χ3v) is 2.91. The monoisotopic (exact) mass is 176 g/mol. The molecule has 0 aliphatic rings. The first-order chi connectivity index (χ1) is 4.89. The molecule has 0 bridgehead atoms. The molecule has 4 heteroatoms. The normalized spacial score (nSPS) is 14.0. The highest BCUT2D eigenvalue weighted by Crippen LogP contribution is 2.05. The van der Waals surface area contributed by atoms with Gasteiger partial charge in [0.05, 0.1) is 0 Å². The van der Waals surface area contributed by atoms with E-state index in [1.165, 1.54) is 13.0 Å². The van der Waals surface area contributed by atoms with Gasteiger partial charge in [-0.3, -0.25) is 4.79 Å². The van der Waals surface area contributed by atoms with Gasteiger partial charge in [0.15, 0.2) is 9.84 Å². The average Bonchev–Trinajstić information content (AvgIpc) is 1.79. The quantitative estimate of drug-likeness (QED) is 0.588. The number of ketones is 1. The minimum atomic E-state index is -3.25. The van der Waals surface area contributed by atoms with Gasteiger partial charge in [0.25, 0.3) is 0 Å². The van der Waals surface area contributed by atoms with Crippen molar-refractivity contribution in [3.05, 3.63) is 12.7 Å². The van der Waals surface area contributed by atoms with Crippen molar-refractivity contribution in [2.24, 2.45) is 0 Å². The molecule has 3 nitrogen and oxygen atoms in total. The maximum atomic E-state index is 10.9. The van der Waals surface area contributed by atoms with E-state index in [-0.39, 0.29) is 12.2 Å². The van der Waals surface area contributed by atoms with Crippen LogP contribution in [0.25, 0.3) is 0 Å². The molecule has 0 aliphatic heterocycles. The molecule has 0 fully saturated rings. The Labute approximate surface area is 67.0 Å². The summed E-state index contributed by atoms with van der Waals surface area (Å²) in [5.41, 5.74) is 0. The van der Waals surface area contributed by atoms with Crippen molar-refractivity contribution in [3.8, 4) is 0 Å². The molecule has 0 aliphatic carbocycles. The molecule has 0 amide bonds. The molecule has 0 N–H and O–H groups in total. The number of allylic oxidation sites excluding steroid dienone is 1. The van der Waals surface area contributed by atoms with Crippen LogP contribution in [-0.2, 0) is 14.6 Å². The molecule has 0 rings (SSSR count).